The van der Waals surface area contributed by atoms with Crippen LogP contribution in [0.3, 0.4) is 0 Å². The van der Waals surface area contributed by atoms with E-state index in [0.29, 0.717) is 24.4 Å². The lowest BCUT2D eigenvalue weighted by Gasteiger charge is -2.13. The van der Waals surface area contributed by atoms with Crippen molar-refractivity contribution in [3.05, 3.63) is 29.8 Å². The van der Waals surface area contributed by atoms with Crippen molar-refractivity contribution in [1.82, 2.24) is 5.06 Å². The Bertz CT molecular complexity index is 328. The molecule has 1 aromatic rings. The Morgan fingerprint density at radius 2 is 2.07 bits per heavy atom. The lowest BCUT2D eigenvalue weighted by molar-refractivity contribution is -0.0768. The summed E-state index contributed by atoms with van der Waals surface area (Å²) in [6.07, 6.45) is 0.903. The van der Waals surface area contributed by atoms with Gasteiger partial charge in [-0.25, -0.2) is 5.06 Å². The number of nitrogens with zero attached hydrogens (tertiary/aromatic N) is 1. The van der Waals surface area contributed by atoms with Crippen LogP contribution in [0.5, 0.6) is 0 Å². The highest BCUT2D eigenvalue weighted by molar-refractivity contribution is 5.93. The van der Waals surface area contributed by atoms with Crippen molar-refractivity contribution in [2.45, 2.75) is 6.42 Å². The number of rotatable bonds is 1. The summed E-state index contributed by atoms with van der Waals surface area (Å²) in [4.78, 5) is 16.9. The molecule has 1 amide bonds. The number of nitrogen functional groups attached to an aromatic ring is 1. The number of hydrogen-bond donors (Lipinski definition) is 1. The Kier molecular flexibility index (Phi) is 2.37. The summed E-state index contributed by atoms with van der Waals surface area (Å²) in [6, 6.07) is 6.84. The lowest BCUT2D eigenvalue weighted by atomic mass is 10.2. The number of nitrogens with two attached hydrogens (primary N) is 1. The molecule has 1 fully saturated rings. The molecule has 1 saturated heterocycles. The van der Waals surface area contributed by atoms with E-state index in [9.17, 15) is 4.79 Å². The molecule has 2 N–H and O–H groups in total. The molecule has 14 heavy (non-hydrogen) atoms. The molecule has 4 nitrogen and oxygen atoms in total. The second-order valence-corrected chi connectivity index (χ2v) is 3.22. The molecule has 74 valence electrons. The molecule has 0 radical (unpaired) electrons. The minimum atomic E-state index is -0.0949. The lowest BCUT2D eigenvalue weighted by Crippen LogP contribution is -2.26. The summed E-state index contributed by atoms with van der Waals surface area (Å²) in [5, 5.41) is 1.39. The highest BCUT2D eigenvalue weighted by Gasteiger charge is 2.20. The maximum atomic E-state index is 11.7. The third-order valence-electron chi connectivity index (χ3n) is 2.14. The standard InChI is InChI=1S/C10H12N2O2/c11-9-4-2-8(3-5-9)10(13)12-6-1-7-14-12/h2-5H,1,6-7,11H2. The summed E-state index contributed by atoms with van der Waals surface area (Å²) in [6.45, 7) is 1.30. The topological polar surface area (TPSA) is 55.6 Å². The number of hydroxylamine groups is 2. The van der Waals surface area contributed by atoms with Gasteiger partial charge in [0.25, 0.3) is 5.91 Å². The number of amides is 1. The van der Waals surface area contributed by atoms with Gasteiger partial charge >= 0.3 is 0 Å². The minimum absolute atomic E-state index is 0.0949. The fourth-order valence-electron chi connectivity index (χ4n) is 1.38. The van der Waals surface area contributed by atoms with Gasteiger partial charge in [-0.15, -0.1) is 0 Å². The van der Waals surface area contributed by atoms with E-state index < -0.39 is 0 Å². The Hall–Kier alpha value is -1.55. The first-order valence-corrected chi connectivity index (χ1v) is 4.58. The third kappa shape index (κ3) is 1.70. The van der Waals surface area contributed by atoms with Crippen LogP contribution in [-0.4, -0.2) is 24.1 Å². The van der Waals surface area contributed by atoms with Gasteiger partial charge in [-0.1, -0.05) is 0 Å². The Morgan fingerprint density at radius 1 is 1.36 bits per heavy atom. The normalized spacial score (nSPS) is 15.9. The predicted octanol–water partition coefficient (Wildman–Crippen LogP) is 1.05. The number of carbonyl (C=O) groups is 1. The van der Waals surface area contributed by atoms with Crippen LogP contribution in [0, 0.1) is 0 Å². The minimum Gasteiger partial charge on any atom is -0.399 e. The van der Waals surface area contributed by atoms with Crippen molar-refractivity contribution in [2.24, 2.45) is 0 Å². The molecule has 1 aromatic carbocycles. The Labute approximate surface area is 82.2 Å². The average Bonchev–Trinajstić information content (AvgIpc) is 2.71. The van der Waals surface area contributed by atoms with E-state index in [2.05, 4.69) is 0 Å². The van der Waals surface area contributed by atoms with Crippen LogP contribution in [-0.2, 0) is 4.84 Å². The van der Waals surface area contributed by atoms with Gasteiger partial charge in [-0.3, -0.25) is 9.63 Å². The molecule has 0 spiro atoms. The molecular weight excluding hydrogens is 180 g/mol. The summed E-state index contributed by atoms with van der Waals surface area (Å²) in [5.74, 6) is -0.0949. The molecule has 1 heterocycles. The number of hydrogen-bond acceptors (Lipinski definition) is 3. The monoisotopic (exact) mass is 192 g/mol. The average molecular weight is 192 g/mol. The van der Waals surface area contributed by atoms with Gasteiger partial charge in [0, 0.05) is 11.3 Å². The number of anilines is 1. The molecule has 0 atom stereocenters. The number of benzene rings is 1. The SMILES string of the molecule is Nc1ccc(C(=O)N2CCCO2)cc1. The second kappa shape index (κ2) is 3.67. The summed E-state index contributed by atoms with van der Waals surface area (Å²) < 4.78 is 0. The van der Waals surface area contributed by atoms with Gasteiger partial charge < -0.3 is 5.73 Å². The van der Waals surface area contributed by atoms with E-state index in [1.54, 1.807) is 24.3 Å². The third-order valence-corrected chi connectivity index (χ3v) is 2.14. The van der Waals surface area contributed by atoms with E-state index in [4.69, 9.17) is 10.6 Å². The van der Waals surface area contributed by atoms with Crippen molar-refractivity contribution in [3.8, 4) is 0 Å². The zero-order valence-corrected chi connectivity index (χ0v) is 7.77. The van der Waals surface area contributed by atoms with Gasteiger partial charge in [0.05, 0.1) is 13.2 Å². The van der Waals surface area contributed by atoms with E-state index in [-0.39, 0.29) is 5.91 Å². The fourth-order valence-corrected chi connectivity index (χ4v) is 1.38. The van der Waals surface area contributed by atoms with Crippen LogP contribution in [0.1, 0.15) is 16.8 Å². The molecule has 2 rings (SSSR count). The van der Waals surface area contributed by atoms with Crippen molar-refractivity contribution < 1.29 is 9.63 Å². The van der Waals surface area contributed by atoms with E-state index in [1.165, 1.54) is 5.06 Å². The van der Waals surface area contributed by atoms with E-state index in [0.717, 1.165) is 6.42 Å². The van der Waals surface area contributed by atoms with Crippen LogP contribution >= 0.6 is 0 Å². The highest BCUT2D eigenvalue weighted by atomic mass is 16.7. The smallest absolute Gasteiger partial charge is 0.277 e. The Balaban J connectivity index is 2.14. The van der Waals surface area contributed by atoms with Gasteiger partial charge in [0.15, 0.2) is 0 Å². The van der Waals surface area contributed by atoms with Crippen molar-refractivity contribution in [1.29, 1.82) is 0 Å². The first-order chi connectivity index (χ1) is 6.77. The molecule has 0 bridgehead atoms. The molecular formula is C10H12N2O2. The molecule has 1 aliphatic rings. The van der Waals surface area contributed by atoms with Gasteiger partial charge in [-0.2, -0.15) is 0 Å². The maximum absolute atomic E-state index is 11.7. The molecule has 1 aliphatic heterocycles. The zero-order chi connectivity index (χ0) is 9.97. The van der Waals surface area contributed by atoms with Crippen LogP contribution in [0.25, 0.3) is 0 Å². The fraction of sp³-hybridized carbons (Fsp3) is 0.300. The van der Waals surface area contributed by atoms with Crippen LogP contribution in [0.15, 0.2) is 24.3 Å². The first-order valence-electron chi connectivity index (χ1n) is 4.58. The number of carbonyl (C=O) groups excluding carboxylic acids is 1. The quantitative estimate of drug-likeness (QED) is 0.676. The predicted molar refractivity (Wildman–Crippen MR) is 52.5 cm³/mol. The molecule has 0 saturated carbocycles. The highest BCUT2D eigenvalue weighted by Crippen LogP contribution is 2.12. The molecule has 4 heteroatoms. The van der Waals surface area contributed by atoms with Crippen LogP contribution in [0.4, 0.5) is 5.69 Å². The van der Waals surface area contributed by atoms with Gasteiger partial charge in [-0.05, 0) is 30.7 Å². The molecule has 0 unspecified atom stereocenters. The van der Waals surface area contributed by atoms with E-state index in [1.807, 2.05) is 0 Å². The molecule has 0 aliphatic carbocycles. The summed E-state index contributed by atoms with van der Waals surface area (Å²) >= 11 is 0. The largest absolute Gasteiger partial charge is 0.399 e. The summed E-state index contributed by atoms with van der Waals surface area (Å²) in [5.41, 5.74) is 6.79. The van der Waals surface area contributed by atoms with Crippen molar-refractivity contribution >= 4 is 11.6 Å². The van der Waals surface area contributed by atoms with Crippen LogP contribution < -0.4 is 5.73 Å². The molecule has 0 aromatic heterocycles. The van der Waals surface area contributed by atoms with Crippen LogP contribution in [0.2, 0.25) is 0 Å². The second-order valence-electron chi connectivity index (χ2n) is 3.22. The van der Waals surface area contributed by atoms with Gasteiger partial charge in [0.1, 0.15) is 0 Å². The first kappa shape index (κ1) is 9.02. The summed E-state index contributed by atoms with van der Waals surface area (Å²) in [7, 11) is 0. The Morgan fingerprint density at radius 3 is 2.64 bits per heavy atom. The van der Waals surface area contributed by atoms with Crippen molar-refractivity contribution in [2.75, 3.05) is 18.9 Å². The van der Waals surface area contributed by atoms with Gasteiger partial charge in [0.2, 0.25) is 0 Å². The maximum Gasteiger partial charge on any atom is 0.277 e. The zero-order valence-electron chi connectivity index (χ0n) is 7.77. The van der Waals surface area contributed by atoms with Crippen molar-refractivity contribution in [3.63, 3.8) is 0 Å². The van der Waals surface area contributed by atoms with E-state index >= 15 is 0 Å².